The van der Waals surface area contributed by atoms with E-state index >= 15 is 0 Å². The fraction of sp³-hybridized carbons (Fsp3) is 0.276. The van der Waals surface area contributed by atoms with E-state index in [0.29, 0.717) is 11.3 Å². The van der Waals surface area contributed by atoms with Crippen LogP contribution in [0.2, 0.25) is 0 Å². The van der Waals surface area contributed by atoms with Crippen molar-refractivity contribution < 1.29 is 29.0 Å². The van der Waals surface area contributed by atoms with E-state index in [1.54, 1.807) is 12.1 Å². The number of carbonyl (C=O) groups excluding carboxylic acids is 2. The molecule has 35 heavy (non-hydrogen) atoms. The average Bonchev–Trinajstić information content (AvgIpc) is 2.87. The molecule has 0 bridgehead atoms. The predicted octanol–water partition coefficient (Wildman–Crippen LogP) is 6.73. The molecule has 6 nitrogen and oxygen atoms in total. The number of carboxylic acids is 1. The van der Waals surface area contributed by atoms with Gasteiger partial charge in [0.1, 0.15) is 11.5 Å². The van der Waals surface area contributed by atoms with E-state index in [2.05, 4.69) is 6.92 Å². The number of aromatic carboxylic acids is 1. The normalized spacial score (nSPS) is 10.5. The molecule has 0 aliphatic carbocycles. The third-order valence-electron chi connectivity index (χ3n) is 5.62. The van der Waals surface area contributed by atoms with Crippen LogP contribution in [0.25, 0.3) is 0 Å². The highest BCUT2D eigenvalue weighted by molar-refractivity contribution is 5.93. The van der Waals surface area contributed by atoms with Crippen LogP contribution in [0, 0.1) is 0 Å². The van der Waals surface area contributed by atoms with E-state index in [1.807, 2.05) is 12.1 Å². The fourth-order valence-corrected chi connectivity index (χ4v) is 3.57. The summed E-state index contributed by atoms with van der Waals surface area (Å²) in [7, 11) is 0. The largest absolute Gasteiger partial charge is 0.478 e. The smallest absolute Gasteiger partial charge is 0.343 e. The zero-order valence-electron chi connectivity index (χ0n) is 19.9. The third kappa shape index (κ3) is 8.10. The Bertz CT molecular complexity index is 1120. The van der Waals surface area contributed by atoms with Crippen LogP contribution in [0.5, 0.6) is 11.5 Å². The topological polar surface area (TPSA) is 89.9 Å². The van der Waals surface area contributed by atoms with Gasteiger partial charge in [-0.15, -0.1) is 0 Å². The van der Waals surface area contributed by atoms with Crippen molar-refractivity contribution in [1.82, 2.24) is 0 Å². The second-order valence-corrected chi connectivity index (χ2v) is 8.35. The number of hydrogen-bond donors (Lipinski definition) is 1. The van der Waals surface area contributed by atoms with Gasteiger partial charge in [-0.05, 0) is 79.1 Å². The second kappa shape index (κ2) is 13.1. The number of rotatable bonds is 12. The first-order chi connectivity index (χ1) is 17.0. The Morgan fingerprint density at radius 2 is 1.03 bits per heavy atom. The van der Waals surface area contributed by atoms with Gasteiger partial charge >= 0.3 is 17.9 Å². The van der Waals surface area contributed by atoms with Gasteiger partial charge in [-0.25, -0.2) is 14.4 Å². The van der Waals surface area contributed by atoms with Crippen LogP contribution in [-0.4, -0.2) is 23.0 Å². The van der Waals surface area contributed by atoms with Gasteiger partial charge in [0.15, 0.2) is 0 Å². The summed E-state index contributed by atoms with van der Waals surface area (Å²) < 4.78 is 10.7. The van der Waals surface area contributed by atoms with Crippen molar-refractivity contribution in [3.05, 3.63) is 95.1 Å². The van der Waals surface area contributed by atoms with Crippen LogP contribution in [-0.2, 0) is 6.42 Å². The molecule has 1 N–H and O–H groups in total. The third-order valence-corrected chi connectivity index (χ3v) is 5.62. The summed E-state index contributed by atoms with van der Waals surface area (Å²) in [6.07, 6.45) is 8.50. The summed E-state index contributed by atoms with van der Waals surface area (Å²) in [6, 6.07) is 19.1. The minimum Gasteiger partial charge on any atom is -0.478 e. The summed E-state index contributed by atoms with van der Waals surface area (Å²) in [5.41, 5.74) is 2.04. The molecular weight excluding hydrogens is 444 g/mol. The lowest BCUT2D eigenvalue weighted by Crippen LogP contribution is -2.10. The van der Waals surface area contributed by atoms with Gasteiger partial charge in [0.2, 0.25) is 0 Å². The van der Waals surface area contributed by atoms with Crippen molar-refractivity contribution in [1.29, 1.82) is 0 Å². The molecule has 3 aromatic carbocycles. The Morgan fingerprint density at radius 3 is 1.51 bits per heavy atom. The monoisotopic (exact) mass is 474 g/mol. The van der Waals surface area contributed by atoms with Crippen LogP contribution in [0.3, 0.4) is 0 Å². The average molecular weight is 475 g/mol. The fourth-order valence-electron chi connectivity index (χ4n) is 3.57. The van der Waals surface area contributed by atoms with Gasteiger partial charge in [0.05, 0.1) is 16.7 Å². The summed E-state index contributed by atoms with van der Waals surface area (Å²) in [5.74, 6) is -1.59. The molecule has 0 heterocycles. The molecule has 0 aliphatic heterocycles. The number of hydrogen-bond acceptors (Lipinski definition) is 5. The number of esters is 2. The number of unbranched alkanes of at least 4 members (excludes halogenated alkanes) is 5. The number of carbonyl (C=O) groups is 3. The first-order valence-electron chi connectivity index (χ1n) is 11.9. The van der Waals surface area contributed by atoms with Crippen molar-refractivity contribution in [2.75, 3.05) is 0 Å². The minimum absolute atomic E-state index is 0.100. The molecule has 0 unspecified atom stereocenters. The maximum atomic E-state index is 12.5. The molecule has 3 aromatic rings. The van der Waals surface area contributed by atoms with E-state index in [1.165, 1.54) is 86.2 Å². The summed E-state index contributed by atoms with van der Waals surface area (Å²) in [6.45, 7) is 2.21. The number of carboxylic acid groups (broad SMARTS) is 1. The van der Waals surface area contributed by atoms with Gasteiger partial charge in [-0.2, -0.15) is 0 Å². The SMILES string of the molecule is CCCCCCCCc1ccc(C(=O)Oc2ccc(C(=O)Oc3ccc(C(=O)O)cc3)cc2)cc1. The van der Waals surface area contributed by atoms with Crippen molar-refractivity contribution in [2.24, 2.45) is 0 Å². The lowest BCUT2D eigenvalue weighted by molar-refractivity contribution is 0.0694. The molecule has 0 atom stereocenters. The molecule has 0 spiro atoms. The molecule has 0 saturated heterocycles. The number of ether oxygens (including phenoxy) is 2. The van der Waals surface area contributed by atoms with Gasteiger partial charge in [-0.3, -0.25) is 0 Å². The Balaban J connectivity index is 1.48. The van der Waals surface area contributed by atoms with E-state index in [-0.39, 0.29) is 16.9 Å². The van der Waals surface area contributed by atoms with Crippen molar-refractivity contribution in [3.8, 4) is 11.5 Å². The maximum Gasteiger partial charge on any atom is 0.343 e. The molecule has 0 fully saturated rings. The lowest BCUT2D eigenvalue weighted by atomic mass is 10.0. The highest BCUT2D eigenvalue weighted by Gasteiger charge is 2.12. The van der Waals surface area contributed by atoms with Gasteiger partial charge < -0.3 is 14.6 Å². The van der Waals surface area contributed by atoms with Crippen molar-refractivity contribution in [2.45, 2.75) is 51.9 Å². The summed E-state index contributed by atoms with van der Waals surface area (Å²) >= 11 is 0. The van der Waals surface area contributed by atoms with Crippen LogP contribution >= 0.6 is 0 Å². The van der Waals surface area contributed by atoms with Gasteiger partial charge in [0, 0.05) is 0 Å². The highest BCUT2D eigenvalue weighted by Crippen LogP contribution is 2.18. The molecule has 6 heteroatoms. The Morgan fingerprint density at radius 1 is 0.600 bits per heavy atom. The standard InChI is InChI=1S/C29H30O6/c1-2-3-4-5-6-7-8-21-9-11-23(12-10-21)28(32)35-26-19-15-24(16-20-26)29(33)34-25-17-13-22(14-18-25)27(30)31/h9-20H,2-8H2,1H3,(H,30,31). The summed E-state index contributed by atoms with van der Waals surface area (Å²) in [4.78, 5) is 35.7. The van der Waals surface area contributed by atoms with Crippen LogP contribution in [0.15, 0.2) is 72.8 Å². The van der Waals surface area contributed by atoms with Gasteiger partial charge in [0.25, 0.3) is 0 Å². The molecule has 0 aromatic heterocycles. The van der Waals surface area contributed by atoms with Gasteiger partial charge in [-0.1, -0.05) is 51.2 Å². The van der Waals surface area contributed by atoms with Crippen molar-refractivity contribution in [3.63, 3.8) is 0 Å². The molecular formula is C29H30O6. The van der Waals surface area contributed by atoms with Crippen LogP contribution < -0.4 is 9.47 Å². The molecule has 3 rings (SSSR count). The molecule has 182 valence electrons. The van der Waals surface area contributed by atoms with Crippen LogP contribution in [0.4, 0.5) is 0 Å². The molecule has 0 saturated carbocycles. The Kier molecular flexibility index (Phi) is 9.60. The van der Waals surface area contributed by atoms with Crippen LogP contribution in [0.1, 0.15) is 82.1 Å². The summed E-state index contributed by atoms with van der Waals surface area (Å²) in [5, 5.41) is 8.93. The predicted molar refractivity (Wildman–Crippen MR) is 133 cm³/mol. The maximum absolute atomic E-state index is 12.5. The van der Waals surface area contributed by atoms with Crippen molar-refractivity contribution >= 4 is 17.9 Å². The van der Waals surface area contributed by atoms with E-state index in [0.717, 1.165) is 12.8 Å². The quantitative estimate of drug-likeness (QED) is 0.178. The zero-order valence-corrected chi connectivity index (χ0v) is 19.9. The Hall–Kier alpha value is -3.93. The Labute approximate surface area is 205 Å². The van der Waals surface area contributed by atoms with E-state index in [9.17, 15) is 14.4 Å². The first kappa shape index (κ1) is 25.7. The minimum atomic E-state index is -1.06. The van der Waals surface area contributed by atoms with E-state index < -0.39 is 17.9 Å². The molecule has 0 radical (unpaired) electrons. The highest BCUT2D eigenvalue weighted by atomic mass is 16.5. The lowest BCUT2D eigenvalue weighted by Gasteiger charge is -2.07. The first-order valence-corrected chi connectivity index (χ1v) is 11.9. The second-order valence-electron chi connectivity index (χ2n) is 8.35. The molecule has 0 aliphatic rings. The zero-order chi connectivity index (χ0) is 25.0. The molecule has 0 amide bonds. The number of benzene rings is 3. The number of aryl methyl sites for hydroxylation is 1. The van der Waals surface area contributed by atoms with E-state index in [4.69, 9.17) is 14.6 Å².